The van der Waals surface area contributed by atoms with E-state index in [1.54, 1.807) is 0 Å². The molecule has 0 unspecified atom stereocenters. The summed E-state index contributed by atoms with van der Waals surface area (Å²) >= 11 is 12.5. The number of halogens is 2. The number of piperidine rings is 1. The number of imidazole rings is 1. The summed E-state index contributed by atoms with van der Waals surface area (Å²) < 4.78 is 2.44. The smallest absolute Gasteiger partial charge is 0.303 e. The number of carboxylic acids is 1. The van der Waals surface area contributed by atoms with E-state index in [1.165, 1.54) is 5.56 Å². The second-order valence-electron chi connectivity index (χ2n) is 10.9. The zero-order chi connectivity index (χ0) is 27.8. The molecule has 0 radical (unpaired) electrons. The Balaban J connectivity index is 1.36. The summed E-state index contributed by atoms with van der Waals surface area (Å²) in [5.74, 6) is 0.621. The molecular weight excluding hydrogens is 545 g/mol. The van der Waals surface area contributed by atoms with Gasteiger partial charge in [0.05, 0.1) is 17.5 Å². The van der Waals surface area contributed by atoms with Crippen LogP contribution in [0.15, 0.2) is 66.7 Å². The average Bonchev–Trinajstić information content (AvgIpc) is 3.74. The van der Waals surface area contributed by atoms with Gasteiger partial charge in [-0.1, -0.05) is 53.5 Å². The van der Waals surface area contributed by atoms with Gasteiger partial charge in [-0.25, -0.2) is 4.98 Å². The first-order valence-corrected chi connectivity index (χ1v) is 14.7. The predicted octanol–water partition coefficient (Wildman–Crippen LogP) is 7.43. The van der Waals surface area contributed by atoms with Crippen LogP contribution in [0.5, 0.6) is 0 Å². The van der Waals surface area contributed by atoms with Gasteiger partial charge in [-0.05, 0) is 78.8 Å². The Morgan fingerprint density at radius 3 is 1.95 bits per heavy atom. The van der Waals surface area contributed by atoms with Crippen molar-refractivity contribution in [2.75, 3.05) is 13.1 Å². The van der Waals surface area contributed by atoms with Gasteiger partial charge >= 0.3 is 5.97 Å². The van der Waals surface area contributed by atoms with Gasteiger partial charge < -0.3 is 14.6 Å². The molecular formula is C32H31Cl2N3O3. The van der Waals surface area contributed by atoms with Gasteiger partial charge in [-0.3, -0.25) is 9.59 Å². The lowest BCUT2D eigenvalue weighted by Crippen LogP contribution is -2.39. The molecule has 6 nitrogen and oxygen atoms in total. The third-order valence-electron chi connectivity index (χ3n) is 8.16. The van der Waals surface area contributed by atoms with Crippen molar-refractivity contribution in [2.45, 2.75) is 56.4 Å². The number of benzene rings is 3. The number of hydrogen-bond acceptors (Lipinski definition) is 3. The molecule has 1 saturated carbocycles. The monoisotopic (exact) mass is 575 g/mol. The minimum Gasteiger partial charge on any atom is -0.481 e. The van der Waals surface area contributed by atoms with Crippen molar-refractivity contribution in [3.63, 3.8) is 0 Å². The molecule has 2 aliphatic rings. The number of amides is 1. The van der Waals surface area contributed by atoms with Crippen molar-refractivity contribution in [3.8, 4) is 0 Å². The summed E-state index contributed by atoms with van der Waals surface area (Å²) in [4.78, 5) is 30.4. The van der Waals surface area contributed by atoms with Crippen LogP contribution >= 0.6 is 23.2 Å². The zero-order valence-corrected chi connectivity index (χ0v) is 23.6. The molecule has 0 spiro atoms. The minimum atomic E-state index is -0.937. The Morgan fingerprint density at radius 2 is 1.40 bits per heavy atom. The van der Waals surface area contributed by atoms with E-state index >= 15 is 0 Å². The molecule has 0 atom stereocenters. The average molecular weight is 577 g/mol. The summed E-state index contributed by atoms with van der Waals surface area (Å²) in [7, 11) is 0. The lowest BCUT2D eigenvalue weighted by atomic mass is 9.85. The van der Waals surface area contributed by atoms with Gasteiger partial charge in [0, 0.05) is 47.4 Å². The van der Waals surface area contributed by atoms with Crippen LogP contribution in [0.3, 0.4) is 0 Å². The molecule has 1 saturated heterocycles. The fraction of sp³-hybridized carbons (Fsp3) is 0.344. The normalized spacial score (nSPS) is 16.1. The Hall–Kier alpha value is -3.35. The van der Waals surface area contributed by atoms with Gasteiger partial charge in [-0.15, -0.1) is 0 Å². The standard InChI is InChI=1S/C32H31Cl2N3O3/c33-24-8-3-20(4-9-24)31(21-5-10-25(34)11-6-21)23-7-12-27-28(19-23)37(32(35-27)22-1-2-22)26-15-17-36(18-16-26)29(38)13-14-30(39)40/h3-12,19,22,26,31H,1-2,13-18H2,(H,39,40). The third kappa shape index (κ3) is 5.61. The van der Waals surface area contributed by atoms with E-state index in [2.05, 4.69) is 47.0 Å². The van der Waals surface area contributed by atoms with Crippen LogP contribution in [0.4, 0.5) is 0 Å². The molecule has 8 heteroatoms. The van der Waals surface area contributed by atoms with Crippen molar-refractivity contribution in [1.82, 2.24) is 14.5 Å². The minimum absolute atomic E-state index is 0.000336. The molecule has 1 N–H and O–H groups in total. The summed E-state index contributed by atoms with van der Waals surface area (Å²) in [6.07, 6.45) is 3.89. The van der Waals surface area contributed by atoms with Gasteiger partial charge in [0.1, 0.15) is 5.82 Å². The number of nitrogens with zero attached hydrogens (tertiary/aromatic N) is 3. The van der Waals surface area contributed by atoms with E-state index in [1.807, 2.05) is 29.2 Å². The second-order valence-corrected chi connectivity index (χ2v) is 11.8. The zero-order valence-electron chi connectivity index (χ0n) is 22.1. The molecule has 6 rings (SSSR count). The Labute approximate surface area is 243 Å². The van der Waals surface area contributed by atoms with E-state index < -0.39 is 5.97 Å². The van der Waals surface area contributed by atoms with Gasteiger partial charge in [0.25, 0.3) is 0 Å². The highest BCUT2D eigenvalue weighted by Gasteiger charge is 2.34. The number of carboxylic acid groups (broad SMARTS) is 1. The van der Waals surface area contributed by atoms with E-state index in [4.69, 9.17) is 33.3 Å². The summed E-state index contributed by atoms with van der Waals surface area (Å²) in [5.41, 5.74) is 5.59. The van der Waals surface area contributed by atoms with Crippen LogP contribution in [-0.4, -0.2) is 44.5 Å². The summed E-state index contributed by atoms with van der Waals surface area (Å²) in [6.45, 7) is 1.26. The Morgan fingerprint density at radius 1 is 0.825 bits per heavy atom. The number of rotatable bonds is 8. The number of hydrogen-bond donors (Lipinski definition) is 1. The third-order valence-corrected chi connectivity index (χ3v) is 8.66. The molecule has 2 fully saturated rings. The Bertz CT molecular complexity index is 1490. The van der Waals surface area contributed by atoms with Crippen LogP contribution in [0.25, 0.3) is 11.0 Å². The topological polar surface area (TPSA) is 75.4 Å². The van der Waals surface area contributed by atoms with Crippen LogP contribution < -0.4 is 0 Å². The highest BCUT2D eigenvalue weighted by atomic mass is 35.5. The highest BCUT2D eigenvalue weighted by Crippen LogP contribution is 2.44. The van der Waals surface area contributed by atoms with E-state index in [9.17, 15) is 9.59 Å². The molecule has 1 aromatic heterocycles. The van der Waals surface area contributed by atoms with E-state index in [-0.39, 0.29) is 30.7 Å². The molecule has 2 heterocycles. The van der Waals surface area contributed by atoms with Crippen LogP contribution in [0.1, 0.15) is 78.9 Å². The van der Waals surface area contributed by atoms with Crippen molar-refractivity contribution >= 4 is 46.1 Å². The largest absolute Gasteiger partial charge is 0.481 e. The summed E-state index contributed by atoms with van der Waals surface area (Å²) in [5, 5.41) is 10.4. The first-order chi connectivity index (χ1) is 19.4. The lowest BCUT2D eigenvalue weighted by Gasteiger charge is -2.34. The fourth-order valence-electron chi connectivity index (χ4n) is 5.95. The molecule has 1 aliphatic carbocycles. The Kier molecular flexibility index (Phi) is 7.56. The molecule has 0 bridgehead atoms. The maximum Gasteiger partial charge on any atom is 0.303 e. The van der Waals surface area contributed by atoms with Crippen molar-refractivity contribution in [2.24, 2.45) is 0 Å². The van der Waals surface area contributed by atoms with Gasteiger partial charge in [-0.2, -0.15) is 0 Å². The van der Waals surface area contributed by atoms with Gasteiger partial charge in [0.15, 0.2) is 0 Å². The number of carbonyl (C=O) groups excluding carboxylic acids is 1. The number of aliphatic carboxylic acids is 1. The SMILES string of the molecule is O=C(O)CCC(=O)N1CCC(n2c(C3CC3)nc3ccc(C(c4ccc(Cl)cc4)c4ccc(Cl)cc4)cc32)CC1. The maximum atomic E-state index is 12.6. The quantitative estimate of drug-likeness (QED) is 0.222. The molecule has 40 heavy (non-hydrogen) atoms. The molecule has 1 aliphatic heterocycles. The summed E-state index contributed by atoms with van der Waals surface area (Å²) in [6, 6.07) is 22.9. The highest BCUT2D eigenvalue weighted by molar-refractivity contribution is 6.30. The lowest BCUT2D eigenvalue weighted by molar-refractivity contribution is -0.141. The first-order valence-electron chi connectivity index (χ1n) is 13.9. The number of fused-ring (bicyclic) bond motifs is 1. The van der Waals surface area contributed by atoms with Gasteiger partial charge in [0.2, 0.25) is 5.91 Å². The fourth-order valence-corrected chi connectivity index (χ4v) is 6.21. The predicted molar refractivity (Wildman–Crippen MR) is 157 cm³/mol. The van der Waals surface area contributed by atoms with E-state index in [0.717, 1.165) is 53.7 Å². The van der Waals surface area contributed by atoms with Crippen molar-refractivity contribution in [1.29, 1.82) is 0 Å². The van der Waals surface area contributed by atoms with Crippen LogP contribution in [-0.2, 0) is 9.59 Å². The molecule has 1 amide bonds. The van der Waals surface area contributed by atoms with Crippen LogP contribution in [0.2, 0.25) is 10.0 Å². The number of aromatic nitrogens is 2. The maximum absolute atomic E-state index is 12.6. The second kappa shape index (κ2) is 11.3. The molecule has 206 valence electrons. The van der Waals surface area contributed by atoms with Crippen LogP contribution in [0, 0.1) is 0 Å². The first kappa shape index (κ1) is 26.9. The van der Waals surface area contributed by atoms with Crippen molar-refractivity contribution < 1.29 is 14.7 Å². The van der Waals surface area contributed by atoms with Crippen molar-refractivity contribution in [3.05, 3.63) is 99.3 Å². The number of carbonyl (C=O) groups is 2. The molecule has 3 aromatic carbocycles. The number of likely N-dealkylation sites (tertiary alicyclic amines) is 1. The molecule has 4 aromatic rings. The van der Waals surface area contributed by atoms with E-state index in [0.29, 0.717) is 29.1 Å².